The summed E-state index contributed by atoms with van der Waals surface area (Å²) in [7, 11) is 0. The van der Waals surface area contributed by atoms with E-state index < -0.39 is 23.1 Å². The Kier molecular flexibility index (Phi) is 4.34. The first-order chi connectivity index (χ1) is 12.0. The van der Waals surface area contributed by atoms with E-state index in [1.54, 1.807) is 31.3 Å². The number of carbonyl (C=O) groups excluding carboxylic acids is 1. The Morgan fingerprint density at radius 2 is 2.16 bits per heavy atom. The van der Waals surface area contributed by atoms with Crippen LogP contribution in [0.5, 0.6) is 0 Å². The number of allylic oxidation sites excluding steroid dienone is 1. The quantitative estimate of drug-likeness (QED) is 0.565. The fourth-order valence-corrected chi connectivity index (χ4v) is 2.81. The Morgan fingerprint density at radius 3 is 2.84 bits per heavy atom. The van der Waals surface area contributed by atoms with Crippen LogP contribution < -0.4 is 16.6 Å². The number of anilines is 1. The van der Waals surface area contributed by atoms with Gasteiger partial charge in [0.05, 0.1) is 22.7 Å². The molecule has 0 saturated carbocycles. The number of hydrogen-bond donors (Lipinski definition) is 3. The van der Waals surface area contributed by atoms with E-state index in [0.29, 0.717) is 11.4 Å². The molecule has 0 aliphatic carbocycles. The maximum absolute atomic E-state index is 12.6. The fourth-order valence-electron chi connectivity index (χ4n) is 2.81. The molecule has 1 atom stereocenters. The van der Waals surface area contributed by atoms with E-state index in [1.165, 1.54) is 6.08 Å². The number of hydrogen-bond acceptors (Lipinski definition) is 6. The van der Waals surface area contributed by atoms with Gasteiger partial charge in [0.25, 0.3) is 5.56 Å². The van der Waals surface area contributed by atoms with Crippen LogP contribution in [0.25, 0.3) is 0 Å². The highest BCUT2D eigenvalue weighted by molar-refractivity contribution is 5.94. The maximum Gasteiger partial charge on any atom is 0.337 e. The Labute approximate surface area is 142 Å². The molecule has 0 amide bonds. The Bertz CT molecular complexity index is 972. The van der Waals surface area contributed by atoms with Gasteiger partial charge in [-0.05, 0) is 19.1 Å². The highest BCUT2D eigenvalue weighted by atomic mass is 16.5. The number of fused-ring (bicyclic) bond motifs is 1. The lowest BCUT2D eigenvalue weighted by molar-refractivity contribution is -0.138. The van der Waals surface area contributed by atoms with Gasteiger partial charge in [0, 0.05) is 11.9 Å². The summed E-state index contributed by atoms with van der Waals surface area (Å²) in [4.78, 5) is 45.6. The van der Waals surface area contributed by atoms with Crippen molar-refractivity contribution in [3.8, 4) is 0 Å². The number of nitrogens with one attached hydrogen (secondary N) is 3. The van der Waals surface area contributed by atoms with Crippen LogP contribution in [-0.2, 0) is 9.53 Å². The molecule has 0 radical (unpaired) electrons. The summed E-state index contributed by atoms with van der Waals surface area (Å²) in [6.07, 6.45) is 3.02. The van der Waals surface area contributed by atoms with E-state index in [1.807, 2.05) is 0 Å². The number of carbonyl (C=O) groups is 1. The smallest absolute Gasteiger partial charge is 0.337 e. The van der Waals surface area contributed by atoms with E-state index in [-0.39, 0.29) is 23.6 Å². The summed E-state index contributed by atoms with van der Waals surface area (Å²) in [5.41, 5.74) is 0.191. The van der Waals surface area contributed by atoms with Crippen LogP contribution in [0.1, 0.15) is 24.1 Å². The van der Waals surface area contributed by atoms with Crippen LogP contribution in [0.3, 0.4) is 0 Å². The maximum atomic E-state index is 12.6. The van der Waals surface area contributed by atoms with Crippen molar-refractivity contribution in [2.45, 2.75) is 12.8 Å². The van der Waals surface area contributed by atoms with Crippen molar-refractivity contribution in [2.24, 2.45) is 0 Å². The molecule has 0 fully saturated rings. The first-order valence-corrected chi connectivity index (χ1v) is 7.56. The minimum Gasteiger partial charge on any atom is -0.458 e. The third-order valence-corrected chi connectivity index (χ3v) is 3.81. The molecule has 0 spiro atoms. The molecule has 2 aromatic rings. The second-order valence-electron chi connectivity index (χ2n) is 5.44. The lowest BCUT2D eigenvalue weighted by Gasteiger charge is -2.27. The van der Waals surface area contributed by atoms with Gasteiger partial charge in [-0.1, -0.05) is 18.7 Å². The number of aromatic amines is 2. The summed E-state index contributed by atoms with van der Waals surface area (Å²) in [5, 5.41) is 2.90. The summed E-state index contributed by atoms with van der Waals surface area (Å²) in [6, 6.07) is 5.19. The predicted molar refractivity (Wildman–Crippen MR) is 91.2 cm³/mol. The molecular weight excluding hydrogens is 324 g/mol. The molecule has 1 aliphatic rings. The predicted octanol–water partition coefficient (Wildman–Crippen LogP) is 1.02. The highest BCUT2D eigenvalue weighted by Crippen LogP contribution is 2.38. The number of nitrogens with zero attached hydrogens (tertiary/aromatic N) is 1. The molecule has 3 heterocycles. The SMILES string of the molecule is C=CCOC(=O)C1=C(C)Nc2[nH]c(=O)[nH]c(=O)c2C1c1ccccn1. The average Bonchev–Trinajstić information content (AvgIpc) is 2.59. The standard InChI is InChI=1S/C17H16N4O4/c1-3-8-25-16(23)11-9(2)19-14-13(15(22)21-17(24)20-14)12(11)10-6-4-5-7-18-10/h3-7,12H,1,8H2,2H3,(H3,19,20,21,22,24). The van der Waals surface area contributed by atoms with Gasteiger partial charge in [-0.25, -0.2) is 9.59 Å². The van der Waals surface area contributed by atoms with Gasteiger partial charge in [-0.15, -0.1) is 0 Å². The van der Waals surface area contributed by atoms with Gasteiger partial charge in [-0.2, -0.15) is 0 Å². The van der Waals surface area contributed by atoms with Gasteiger partial charge in [0.1, 0.15) is 12.4 Å². The first-order valence-electron chi connectivity index (χ1n) is 7.56. The molecule has 2 aromatic heterocycles. The van der Waals surface area contributed by atoms with Crippen LogP contribution in [0.15, 0.2) is 57.9 Å². The zero-order valence-corrected chi connectivity index (χ0v) is 13.5. The lowest BCUT2D eigenvalue weighted by Crippen LogP contribution is -2.35. The van der Waals surface area contributed by atoms with Gasteiger partial charge in [0.15, 0.2) is 0 Å². The molecule has 3 rings (SSSR count). The number of aromatic nitrogens is 3. The fraction of sp³-hybridized carbons (Fsp3) is 0.176. The summed E-state index contributed by atoms with van der Waals surface area (Å²) in [6.45, 7) is 5.23. The third-order valence-electron chi connectivity index (χ3n) is 3.81. The molecule has 8 nitrogen and oxygen atoms in total. The first kappa shape index (κ1) is 16.4. The van der Waals surface area contributed by atoms with Gasteiger partial charge in [-0.3, -0.25) is 19.7 Å². The molecule has 0 bridgehead atoms. The van der Waals surface area contributed by atoms with Crippen molar-refractivity contribution in [3.05, 3.63) is 80.4 Å². The Morgan fingerprint density at radius 1 is 1.36 bits per heavy atom. The van der Waals surface area contributed by atoms with E-state index in [9.17, 15) is 14.4 Å². The lowest BCUT2D eigenvalue weighted by atomic mass is 9.85. The minimum atomic E-state index is -0.768. The molecular formula is C17H16N4O4. The van der Waals surface area contributed by atoms with Crippen molar-refractivity contribution >= 4 is 11.8 Å². The monoisotopic (exact) mass is 340 g/mol. The average molecular weight is 340 g/mol. The van der Waals surface area contributed by atoms with E-state index in [4.69, 9.17) is 4.74 Å². The number of pyridine rings is 1. The second kappa shape index (κ2) is 6.60. The largest absolute Gasteiger partial charge is 0.458 e. The van der Waals surface area contributed by atoms with Gasteiger partial charge in [0.2, 0.25) is 0 Å². The molecule has 1 aliphatic heterocycles. The molecule has 0 aromatic carbocycles. The Hall–Kier alpha value is -3.42. The molecule has 3 N–H and O–H groups in total. The second-order valence-corrected chi connectivity index (χ2v) is 5.44. The van der Waals surface area contributed by atoms with Crippen LogP contribution in [0.4, 0.5) is 5.82 Å². The minimum absolute atomic E-state index is 0.0411. The summed E-state index contributed by atoms with van der Waals surface area (Å²) >= 11 is 0. The number of esters is 1. The van der Waals surface area contributed by atoms with Crippen LogP contribution in [0, 0.1) is 0 Å². The van der Waals surface area contributed by atoms with E-state index in [0.717, 1.165) is 0 Å². The van der Waals surface area contributed by atoms with Crippen molar-refractivity contribution in [1.82, 2.24) is 15.0 Å². The molecule has 8 heteroatoms. The van der Waals surface area contributed by atoms with Gasteiger partial charge >= 0.3 is 11.7 Å². The van der Waals surface area contributed by atoms with Crippen LogP contribution >= 0.6 is 0 Å². The number of H-pyrrole nitrogens is 2. The third kappa shape index (κ3) is 3.01. The van der Waals surface area contributed by atoms with E-state index in [2.05, 4.69) is 26.8 Å². The summed E-state index contributed by atoms with van der Waals surface area (Å²) < 4.78 is 5.16. The highest BCUT2D eigenvalue weighted by Gasteiger charge is 2.36. The molecule has 25 heavy (non-hydrogen) atoms. The van der Waals surface area contributed by atoms with Crippen molar-refractivity contribution < 1.29 is 9.53 Å². The number of ether oxygens (including phenoxy) is 1. The normalized spacial score (nSPS) is 16.0. The summed E-state index contributed by atoms with van der Waals surface area (Å²) in [5.74, 6) is -1.12. The van der Waals surface area contributed by atoms with Crippen LogP contribution in [-0.4, -0.2) is 27.5 Å². The van der Waals surface area contributed by atoms with Crippen molar-refractivity contribution in [2.75, 3.05) is 11.9 Å². The zero-order valence-electron chi connectivity index (χ0n) is 13.5. The molecule has 0 saturated heterocycles. The Balaban J connectivity index is 2.23. The zero-order chi connectivity index (χ0) is 18.0. The molecule has 1 unspecified atom stereocenters. The van der Waals surface area contributed by atoms with Crippen LogP contribution in [0.2, 0.25) is 0 Å². The van der Waals surface area contributed by atoms with Crippen molar-refractivity contribution in [3.63, 3.8) is 0 Å². The molecule has 128 valence electrons. The number of rotatable bonds is 4. The topological polar surface area (TPSA) is 117 Å². The van der Waals surface area contributed by atoms with Gasteiger partial charge < -0.3 is 10.1 Å². The van der Waals surface area contributed by atoms with Crippen molar-refractivity contribution in [1.29, 1.82) is 0 Å². The van der Waals surface area contributed by atoms with E-state index >= 15 is 0 Å².